The second kappa shape index (κ2) is 7.23. The van der Waals surface area contributed by atoms with E-state index in [1.165, 1.54) is 26.1 Å². The summed E-state index contributed by atoms with van der Waals surface area (Å²) in [5.74, 6) is 0. The summed E-state index contributed by atoms with van der Waals surface area (Å²) in [4.78, 5) is 1.37. The molecular weight excluding hydrogens is 354 g/mol. The number of hydrogen-bond donors (Lipinski definition) is 1. The molecule has 1 heterocycles. The number of thiophene rings is 1. The van der Waals surface area contributed by atoms with Gasteiger partial charge in [0.2, 0.25) is 0 Å². The van der Waals surface area contributed by atoms with Crippen molar-refractivity contribution >= 4 is 43.4 Å². The van der Waals surface area contributed by atoms with E-state index >= 15 is 0 Å². The average Bonchev–Trinajstić information content (AvgIpc) is 3.13. The zero-order valence-electron chi connectivity index (χ0n) is 12.3. The normalized spacial score (nSPS) is 12.1. The zero-order valence-corrected chi connectivity index (χ0v) is 14.7. The van der Waals surface area contributed by atoms with Crippen molar-refractivity contribution in [1.82, 2.24) is 0 Å². The molecule has 1 aliphatic carbocycles. The minimum Gasteiger partial charge on any atom is -0.330 e. The van der Waals surface area contributed by atoms with E-state index in [1.54, 1.807) is 0 Å². The van der Waals surface area contributed by atoms with Crippen LogP contribution in [-0.2, 0) is 12.8 Å². The number of nitrogens with two attached hydrogens (primary N) is 1. The Morgan fingerprint density at radius 3 is 2.77 bits per heavy atom. The van der Waals surface area contributed by atoms with Gasteiger partial charge in [0, 0.05) is 14.0 Å². The molecule has 112 valence electrons. The standard InChI is InChI=1S/C10H10BrNS.C9H8/c11-8-1-2-10-7(5-8)6-9(13-10)3-4-12;1-2-5-9-7-3-6-8(9)4-1/h1-2,5-6H,3-4,12H2;1-6H,7H2. The van der Waals surface area contributed by atoms with E-state index in [0.29, 0.717) is 0 Å². The molecule has 0 saturated heterocycles. The van der Waals surface area contributed by atoms with Crippen LogP contribution in [0.2, 0.25) is 0 Å². The Hall–Kier alpha value is -1.42. The van der Waals surface area contributed by atoms with E-state index in [0.717, 1.165) is 23.9 Å². The van der Waals surface area contributed by atoms with E-state index in [4.69, 9.17) is 5.73 Å². The van der Waals surface area contributed by atoms with Gasteiger partial charge >= 0.3 is 0 Å². The molecule has 2 aromatic carbocycles. The van der Waals surface area contributed by atoms with Crippen LogP contribution in [0.15, 0.2) is 59.1 Å². The Bertz CT molecular complexity index is 804. The Morgan fingerprint density at radius 1 is 1.09 bits per heavy atom. The van der Waals surface area contributed by atoms with Crippen molar-refractivity contribution in [2.45, 2.75) is 12.8 Å². The van der Waals surface area contributed by atoms with Crippen LogP contribution in [0.1, 0.15) is 16.0 Å². The highest BCUT2D eigenvalue weighted by Gasteiger charge is 2.01. The van der Waals surface area contributed by atoms with Crippen LogP contribution in [0, 0.1) is 0 Å². The number of fused-ring (bicyclic) bond motifs is 2. The van der Waals surface area contributed by atoms with Crippen LogP contribution in [-0.4, -0.2) is 6.54 Å². The number of halogens is 1. The first-order valence-electron chi connectivity index (χ1n) is 7.39. The van der Waals surface area contributed by atoms with Crippen molar-refractivity contribution in [2.75, 3.05) is 6.54 Å². The molecule has 0 amide bonds. The minimum atomic E-state index is 0.730. The summed E-state index contributed by atoms with van der Waals surface area (Å²) in [7, 11) is 0. The second-order valence-electron chi connectivity index (χ2n) is 5.24. The quantitative estimate of drug-likeness (QED) is 0.639. The molecule has 0 radical (unpaired) electrons. The average molecular weight is 372 g/mol. The monoisotopic (exact) mass is 371 g/mol. The fraction of sp³-hybridized carbons (Fsp3) is 0.158. The molecule has 0 spiro atoms. The molecule has 4 rings (SSSR count). The summed E-state index contributed by atoms with van der Waals surface area (Å²) in [5.41, 5.74) is 8.35. The topological polar surface area (TPSA) is 26.0 Å². The summed E-state index contributed by atoms with van der Waals surface area (Å²) in [6.45, 7) is 0.730. The first-order valence-corrected chi connectivity index (χ1v) is 9.00. The summed E-state index contributed by atoms with van der Waals surface area (Å²) < 4.78 is 2.48. The molecule has 0 bridgehead atoms. The molecule has 1 aliphatic rings. The molecule has 2 N–H and O–H groups in total. The van der Waals surface area contributed by atoms with Gasteiger partial charge < -0.3 is 5.73 Å². The smallest absolute Gasteiger partial charge is 0.0346 e. The SMILES string of the molecule is C1=Cc2ccccc2C1.NCCc1cc2cc(Br)ccc2s1. The molecule has 0 atom stereocenters. The number of allylic oxidation sites excluding steroid dienone is 1. The third-order valence-electron chi connectivity index (χ3n) is 3.61. The van der Waals surface area contributed by atoms with Gasteiger partial charge in [0.1, 0.15) is 0 Å². The minimum absolute atomic E-state index is 0.730. The molecule has 0 unspecified atom stereocenters. The lowest BCUT2D eigenvalue weighted by Gasteiger charge is -1.93. The summed E-state index contributed by atoms with van der Waals surface area (Å²) in [6, 6.07) is 17.1. The van der Waals surface area contributed by atoms with E-state index in [-0.39, 0.29) is 0 Å². The Kier molecular flexibility index (Phi) is 5.08. The number of rotatable bonds is 2. The van der Waals surface area contributed by atoms with E-state index in [9.17, 15) is 0 Å². The van der Waals surface area contributed by atoms with Gasteiger partial charge in [0.15, 0.2) is 0 Å². The zero-order chi connectivity index (χ0) is 15.4. The fourth-order valence-electron chi connectivity index (χ4n) is 2.53. The molecule has 0 aliphatic heterocycles. The third kappa shape index (κ3) is 3.67. The second-order valence-corrected chi connectivity index (χ2v) is 7.32. The predicted octanol–water partition coefficient (Wildman–Crippen LogP) is 5.42. The Labute approximate surface area is 143 Å². The summed E-state index contributed by atoms with van der Waals surface area (Å²) >= 11 is 5.29. The fourth-order valence-corrected chi connectivity index (χ4v) is 3.97. The molecule has 22 heavy (non-hydrogen) atoms. The van der Waals surface area contributed by atoms with Crippen LogP contribution in [0.25, 0.3) is 16.2 Å². The third-order valence-corrected chi connectivity index (χ3v) is 5.28. The Morgan fingerprint density at radius 2 is 1.95 bits per heavy atom. The maximum Gasteiger partial charge on any atom is 0.0346 e. The molecule has 3 heteroatoms. The molecule has 0 saturated carbocycles. The van der Waals surface area contributed by atoms with Crippen molar-refractivity contribution < 1.29 is 0 Å². The summed E-state index contributed by atoms with van der Waals surface area (Å²) in [6.07, 6.45) is 6.48. The number of hydrogen-bond acceptors (Lipinski definition) is 2. The lowest BCUT2D eigenvalue weighted by Crippen LogP contribution is -2.00. The van der Waals surface area contributed by atoms with Gasteiger partial charge in [0.05, 0.1) is 0 Å². The highest BCUT2D eigenvalue weighted by atomic mass is 79.9. The molecule has 0 fully saturated rings. The molecular formula is C19H18BrNS. The maximum absolute atomic E-state index is 5.51. The van der Waals surface area contributed by atoms with Gasteiger partial charge in [-0.25, -0.2) is 0 Å². The molecule has 1 nitrogen and oxygen atoms in total. The first-order chi connectivity index (χ1) is 10.8. The van der Waals surface area contributed by atoms with Gasteiger partial charge in [-0.1, -0.05) is 52.3 Å². The van der Waals surface area contributed by atoms with E-state index in [2.05, 4.69) is 76.6 Å². The van der Waals surface area contributed by atoms with Crippen molar-refractivity contribution in [3.05, 3.63) is 75.1 Å². The lowest BCUT2D eigenvalue weighted by atomic mass is 10.1. The van der Waals surface area contributed by atoms with Crippen LogP contribution in [0.5, 0.6) is 0 Å². The maximum atomic E-state index is 5.51. The highest BCUT2D eigenvalue weighted by molar-refractivity contribution is 9.10. The van der Waals surface area contributed by atoms with Gasteiger partial charge in [-0.05, 0) is 60.2 Å². The van der Waals surface area contributed by atoms with Gasteiger partial charge in [-0.2, -0.15) is 0 Å². The largest absolute Gasteiger partial charge is 0.330 e. The lowest BCUT2D eigenvalue weighted by molar-refractivity contribution is 0.989. The van der Waals surface area contributed by atoms with E-state index < -0.39 is 0 Å². The molecule has 3 aromatic rings. The van der Waals surface area contributed by atoms with Crippen molar-refractivity contribution in [3.63, 3.8) is 0 Å². The van der Waals surface area contributed by atoms with Gasteiger partial charge in [-0.3, -0.25) is 0 Å². The molecule has 1 aromatic heterocycles. The van der Waals surface area contributed by atoms with Crippen LogP contribution in [0.3, 0.4) is 0 Å². The highest BCUT2D eigenvalue weighted by Crippen LogP contribution is 2.28. The Balaban J connectivity index is 0.000000139. The summed E-state index contributed by atoms with van der Waals surface area (Å²) in [5, 5.41) is 1.31. The van der Waals surface area contributed by atoms with Crippen molar-refractivity contribution in [3.8, 4) is 0 Å². The van der Waals surface area contributed by atoms with Crippen molar-refractivity contribution in [1.29, 1.82) is 0 Å². The first kappa shape index (κ1) is 15.5. The predicted molar refractivity (Wildman–Crippen MR) is 101 cm³/mol. The van der Waals surface area contributed by atoms with Gasteiger partial charge in [0.25, 0.3) is 0 Å². The van der Waals surface area contributed by atoms with Crippen LogP contribution >= 0.6 is 27.3 Å². The number of benzene rings is 2. The van der Waals surface area contributed by atoms with Gasteiger partial charge in [-0.15, -0.1) is 11.3 Å². The van der Waals surface area contributed by atoms with Crippen molar-refractivity contribution in [2.24, 2.45) is 5.73 Å². The van der Waals surface area contributed by atoms with Crippen LogP contribution in [0.4, 0.5) is 0 Å². The van der Waals surface area contributed by atoms with Crippen LogP contribution < -0.4 is 5.73 Å². The van der Waals surface area contributed by atoms with E-state index in [1.807, 2.05) is 11.3 Å².